The van der Waals surface area contributed by atoms with Gasteiger partial charge in [0.25, 0.3) is 11.8 Å². The number of amides is 2. The molecule has 0 bridgehead atoms. The van der Waals surface area contributed by atoms with Gasteiger partial charge in [-0.2, -0.15) is 0 Å². The lowest BCUT2D eigenvalue weighted by Crippen LogP contribution is -2.27. The van der Waals surface area contributed by atoms with Gasteiger partial charge in [-0.25, -0.2) is 4.98 Å². The molecule has 0 atom stereocenters. The Morgan fingerprint density at radius 2 is 2.07 bits per heavy atom. The van der Waals surface area contributed by atoms with Gasteiger partial charge in [-0.05, 0) is 43.5 Å². The number of aromatic nitrogens is 3. The van der Waals surface area contributed by atoms with Crippen LogP contribution in [0.3, 0.4) is 0 Å². The Bertz CT molecular complexity index is 1040. The summed E-state index contributed by atoms with van der Waals surface area (Å²) in [7, 11) is 1.55. The molecule has 0 aliphatic heterocycles. The van der Waals surface area contributed by atoms with Gasteiger partial charge < -0.3 is 15.6 Å². The maximum atomic E-state index is 12.5. The lowest BCUT2D eigenvalue weighted by atomic mass is 10.0. The van der Waals surface area contributed by atoms with Crippen molar-refractivity contribution in [3.05, 3.63) is 58.8 Å². The number of H-pyrrole nitrogens is 1. The molecule has 138 valence electrons. The van der Waals surface area contributed by atoms with Crippen LogP contribution < -0.4 is 10.6 Å². The van der Waals surface area contributed by atoms with Gasteiger partial charge in [0, 0.05) is 48.5 Å². The first kappa shape index (κ1) is 17.2. The van der Waals surface area contributed by atoms with E-state index >= 15 is 0 Å². The minimum Gasteiger partial charge on any atom is -0.360 e. The summed E-state index contributed by atoms with van der Waals surface area (Å²) in [5, 5.41) is 6.60. The highest BCUT2D eigenvalue weighted by atomic mass is 16.2. The molecule has 7 heteroatoms. The highest BCUT2D eigenvalue weighted by molar-refractivity contribution is 5.99. The van der Waals surface area contributed by atoms with E-state index in [1.54, 1.807) is 19.2 Å². The van der Waals surface area contributed by atoms with Crippen LogP contribution in [0.2, 0.25) is 0 Å². The molecule has 7 nitrogen and oxygen atoms in total. The number of hydrogen-bond acceptors (Lipinski definition) is 4. The first-order valence-electron chi connectivity index (χ1n) is 9.00. The van der Waals surface area contributed by atoms with Crippen LogP contribution in [0.4, 0.5) is 0 Å². The van der Waals surface area contributed by atoms with Crippen molar-refractivity contribution in [2.24, 2.45) is 0 Å². The first-order chi connectivity index (χ1) is 13.0. The van der Waals surface area contributed by atoms with Crippen molar-refractivity contribution in [3.63, 3.8) is 0 Å². The Labute approximate surface area is 156 Å². The van der Waals surface area contributed by atoms with Gasteiger partial charge in [-0.15, -0.1) is 0 Å². The van der Waals surface area contributed by atoms with Gasteiger partial charge in [0.2, 0.25) is 0 Å². The van der Waals surface area contributed by atoms with Crippen molar-refractivity contribution in [3.8, 4) is 0 Å². The van der Waals surface area contributed by atoms with Crippen LogP contribution in [0.25, 0.3) is 10.9 Å². The highest BCUT2D eigenvalue weighted by Crippen LogP contribution is 2.23. The number of pyridine rings is 2. The van der Waals surface area contributed by atoms with E-state index in [4.69, 9.17) is 0 Å². The third-order valence-electron chi connectivity index (χ3n) is 4.75. The summed E-state index contributed by atoms with van der Waals surface area (Å²) < 4.78 is 0. The van der Waals surface area contributed by atoms with Crippen LogP contribution in [0.15, 0.2) is 30.6 Å². The van der Waals surface area contributed by atoms with Gasteiger partial charge in [-0.1, -0.05) is 0 Å². The van der Waals surface area contributed by atoms with E-state index < -0.39 is 0 Å². The fraction of sp³-hybridized carbons (Fsp3) is 0.300. The van der Waals surface area contributed by atoms with Crippen molar-refractivity contribution < 1.29 is 9.59 Å². The molecule has 1 aliphatic rings. The summed E-state index contributed by atoms with van der Waals surface area (Å²) in [5.41, 5.74) is 4.26. The van der Waals surface area contributed by atoms with Crippen molar-refractivity contribution >= 4 is 22.7 Å². The molecule has 3 aromatic heterocycles. The molecule has 1 saturated carbocycles. The minimum atomic E-state index is -0.314. The van der Waals surface area contributed by atoms with E-state index in [1.807, 2.05) is 25.4 Å². The topological polar surface area (TPSA) is 99.8 Å². The quantitative estimate of drug-likeness (QED) is 0.646. The number of aromatic amines is 1. The van der Waals surface area contributed by atoms with Crippen LogP contribution in [0.1, 0.15) is 50.6 Å². The van der Waals surface area contributed by atoms with Crippen molar-refractivity contribution in [1.82, 2.24) is 25.6 Å². The Kier molecular flexibility index (Phi) is 4.35. The maximum absolute atomic E-state index is 12.5. The molecular weight excluding hydrogens is 342 g/mol. The molecule has 0 saturated heterocycles. The van der Waals surface area contributed by atoms with E-state index in [0.29, 0.717) is 17.7 Å². The van der Waals surface area contributed by atoms with E-state index in [0.717, 1.165) is 35.0 Å². The second kappa shape index (κ2) is 6.83. The van der Waals surface area contributed by atoms with E-state index in [-0.39, 0.29) is 23.6 Å². The van der Waals surface area contributed by atoms with Gasteiger partial charge in [0.15, 0.2) is 0 Å². The summed E-state index contributed by atoms with van der Waals surface area (Å²) in [6.07, 6.45) is 6.20. The summed E-state index contributed by atoms with van der Waals surface area (Å²) >= 11 is 0. The number of nitrogens with zero attached hydrogens (tertiary/aromatic N) is 2. The fourth-order valence-corrected chi connectivity index (χ4v) is 3.13. The third kappa shape index (κ3) is 3.53. The smallest absolute Gasteiger partial charge is 0.269 e. The molecule has 0 radical (unpaired) electrons. The zero-order chi connectivity index (χ0) is 19.0. The van der Waals surface area contributed by atoms with Crippen LogP contribution in [-0.4, -0.2) is 39.9 Å². The molecule has 1 fully saturated rings. The predicted octanol–water partition coefficient (Wildman–Crippen LogP) is 2.11. The normalized spacial score (nSPS) is 13.6. The van der Waals surface area contributed by atoms with Crippen LogP contribution in [0.5, 0.6) is 0 Å². The summed E-state index contributed by atoms with van der Waals surface area (Å²) in [6.45, 7) is 1.95. The average molecular weight is 363 g/mol. The molecule has 0 unspecified atom stereocenters. The lowest BCUT2D eigenvalue weighted by molar-refractivity contribution is 0.0951. The van der Waals surface area contributed by atoms with Gasteiger partial charge in [-0.3, -0.25) is 14.6 Å². The lowest BCUT2D eigenvalue weighted by Gasteiger charge is -2.10. The second-order valence-corrected chi connectivity index (χ2v) is 6.87. The van der Waals surface area contributed by atoms with Crippen LogP contribution in [0, 0.1) is 6.92 Å². The predicted molar refractivity (Wildman–Crippen MR) is 102 cm³/mol. The number of aryl methyl sites for hydroxylation is 1. The minimum absolute atomic E-state index is 0.167. The molecule has 3 heterocycles. The van der Waals surface area contributed by atoms with E-state index in [2.05, 4.69) is 25.6 Å². The zero-order valence-electron chi connectivity index (χ0n) is 15.3. The van der Waals surface area contributed by atoms with Crippen molar-refractivity contribution in [1.29, 1.82) is 0 Å². The molecular formula is C20H21N5O2. The van der Waals surface area contributed by atoms with Gasteiger partial charge in [0.1, 0.15) is 5.69 Å². The Hall–Kier alpha value is -3.22. The first-order valence-corrected chi connectivity index (χ1v) is 9.00. The molecule has 3 N–H and O–H groups in total. The number of hydrogen-bond donors (Lipinski definition) is 3. The molecule has 27 heavy (non-hydrogen) atoms. The molecule has 0 spiro atoms. The Morgan fingerprint density at radius 1 is 1.26 bits per heavy atom. The van der Waals surface area contributed by atoms with Gasteiger partial charge in [0.05, 0.1) is 11.2 Å². The maximum Gasteiger partial charge on any atom is 0.269 e. The second-order valence-electron chi connectivity index (χ2n) is 6.87. The number of fused-ring (bicyclic) bond motifs is 1. The van der Waals surface area contributed by atoms with E-state index in [9.17, 15) is 9.59 Å². The summed E-state index contributed by atoms with van der Waals surface area (Å²) in [5.74, 6) is -0.480. The highest BCUT2D eigenvalue weighted by Gasteiger charge is 2.24. The molecule has 1 aliphatic carbocycles. The summed E-state index contributed by atoms with van der Waals surface area (Å²) in [4.78, 5) is 36.7. The van der Waals surface area contributed by atoms with E-state index in [1.165, 1.54) is 0 Å². The monoisotopic (exact) mass is 363 g/mol. The SMILES string of the molecule is CNC(=O)c1cc(C(=O)NC2CC2)cc(Cc2cnc(C)c3[nH]ccc23)n1. The summed E-state index contributed by atoms with van der Waals surface area (Å²) in [6, 6.07) is 5.54. The number of nitrogens with one attached hydrogen (secondary N) is 3. The van der Waals surface area contributed by atoms with Crippen molar-refractivity contribution in [2.75, 3.05) is 7.05 Å². The molecule has 0 aromatic carbocycles. The Balaban J connectivity index is 1.71. The largest absolute Gasteiger partial charge is 0.360 e. The Morgan fingerprint density at radius 3 is 2.81 bits per heavy atom. The third-order valence-corrected chi connectivity index (χ3v) is 4.75. The fourth-order valence-electron chi connectivity index (χ4n) is 3.13. The van der Waals surface area contributed by atoms with Crippen molar-refractivity contribution in [2.45, 2.75) is 32.2 Å². The van der Waals surface area contributed by atoms with Gasteiger partial charge >= 0.3 is 0 Å². The molecule has 3 aromatic rings. The standard InChI is InChI=1S/C20H21N5O2/c1-11-18-16(5-6-22-18)13(10-23-11)8-15-7-12(19(26)25-14-3-4-14)9-17(24-15)20(27)21-2/h5-7,9-10,14,22H,3-4,8H2,1-2H3,(H,21,27)(H,25,26). The van der Waals surface area contributed by atoms with Crippen LogP contribution >= 0.6 is 0 Å². The van der Waals surface area contributed by atoms with Crippen LogP contribution in [-0.2, 0) is 6.42 Å². The molecule has 2 amide bonds. The average Bonchev–Trinajstić information content (AvgIpc) is 3.34. The number of carbonyl (C=O) groups excluding carboxylic acids is 2. The zero-order valence-corrected chi connectivity index (χ0v) is 15.3. The molecule has 4 rings (SSSR count). The number of carbonyl (C=O) groups is 2. The number of rotatable bonds is 5.